The molecule has 7 nitrogen and oxygen atoms in total. The van der Waals surface area contributed by atoms with Gasteiger partial charge in [-0.15, -0.1) is 0 Å². The number of aryl methyl sites for hydroxylation is 1. The van der Waals surface area contributed by atoms with E-state index in [4.69, 9.17) is 20.2 Å². The lowest BCUT2D eigenvalue weighted by Gasteiger charge is -2.23. The van der Waals surface area contributed by atoms with E-state index < -0.39 is 19.7 Å². The third-order valence-corrected chi connectivity index (χ3v) is 4.59. The summed E-state index contributed by atoms with van der Waals surface area (Å²) in [5, 5.41) is 11.1. The second-order valence-electron chi connectivity index (χ2n) is 4.74. The van der Waals surface area contributed by atoms with Crippen LogP contribution in [0.4, 0.5) is 5.69 Å². The standard InChI is InChI=1S/C12H14ClNO6S/c1-8-5-11(20-9-3-2-4-19-7-9)10(14(15)16)6-12(8)21(13,17)18/h5-6,9H,2-4,7H2,1H3. The van der Waals surface area contributed by atoms with Gasteiger partial charge in [0.15, 0.2) is 5.75 Å². The Labute approximate surface area is 126 Å². The molecule has 1 heterocycles. The van der Waals surface area contributed by atoms with Gasteiger partial charge in [-0.25, -0.2) is 8.42 Å². The second-order valence-corrected chi connectivity index (χ2v) is 7.27. The Morgan fingerprint density at radius 2 is 2.19 bits per heavy atom. The van der Waals surface area contributed by atoms with Crippen molar-refractivity contribution in [1.29, 1.82) is 0 Å². The number of hydrogen-bond acceptors (Lipinski definition) is 6. The minimum Gasteiger partial charge on any atom is -0.481 e. The largest absolute Gasteiger partial charge is 0.481 e. The average Bonchev–Trinajstić information content (AvgIpc) is 2.38. The number of benzene rings is 1. The topological polar surface area (TPSA) is 95.7 Å². The van der Waals surface area contributed by atoms with Crippen molar-refractivity contribution in [3.63, 3.8) is 0 Å². The monoisotopic (exact) mass is 335 g/mol. The van der Waals surface area contributed by atoms with Gasteiger partial charge in [-0.2, -0.15) is 0 Å². The molecular formula is C12H14ClNO6S. The highest BCUT2D eigenvalue weighted by molar-refractivity contribution is 8.13. The molecule has 0 amide bonds. The van der Waals surface area contributed by atoms with Crippen molar-refractivity contribution in [2.45, 2.75) is 30.8 Å². The molecule has 1 atom stereocenters. The summed E-state index contributed by atoms with van der Waals surface area (Å²) in [6.45, 7) is 2.50. The maximum atomic E-state index is 11.4. The van der Waals surface area contributed by atoms with Gasteiger partial charge >= 0.3 is 5.69 Å². The summed E-state index contributed by atoms with van der Waals surface area (Å²) in [7, 11) is 1.22. The van der Waals surface area contributed by atoms with E-state index in [1.807, 2.05) is 0 Å². The fourth-order valence-corrected chi connectivity index (χ4v) is 3.33. The predicted octanol–water partition coefficient (Wildman–Crippen LogP) is 2.39. The molecule has 116 valence electrons. The summed E-state index contributed by atoms with van der Waals surface area (Å²) in [6, 6.07) is 2.25. The molecular weight excluding hydrogens is 322 g/mol. The highest BCUT2D eigenvalue weighted by atomic mass is 35.7. The van der Waals surface area contributed by atoms with Crippen LogP contribution in [0.15, 0.2) is 17.0 Å². The molecule has 1 fully saturated rings. The van der Waals surface area contributed by atoms with Gasteiger partial charge in [0.25, 0.3) is 9.05 Å². The number of nitro benzene ring substituents is 1. The molecule has 0 aromatic heterocycles. The Kier molecular flexibility index (Phi) is 4.70. The van der Waals surface area contributed by atoms with Crippen molar-refractivity contribution in [2.24, 2.45) is 0 Å². The fourth-order valence-electron chi connectivity index (χ4n) is 2.13. The van der Waals surface area contributed by atoms with Crippen molar-refractivity contribution in [3.05, 3.63) is 27.8 Å². The molecule has 0 spiro atoms. The third kappa shape index (κ3) is 3.84. The molecule has 9 heteroatoms. The van der Waals surface area contributed by atoms with E-state index in [1.165, 1.54) is 13.0 Å². The molecule has 0 aliphatic carbocycles. The smallest absolute Gasteiger partial charge is 0.312 e. The van der Waals surface area contributed by atoms with Crippen LogP contribution >= 0.6 is 10.7 Å². The molecule has 0 radical (unpaired) electrons. The molecule has 1 unspecified atom stereocenters. The van der Waals surface area contributed by atoms with Gasteiger partial charge in [0.1, 0.15) is 6.10 Å². The van der Waals surface area contributed by atoms with Crippen LogP contribution in [0.2, 0.25) is 0 Å². The molecule has 1 aliphatic heterocycles. The van der Waals surface area contributed by atoms with Gasteiger partial charge in [0.2, 0.25) is 0 Å². The van der Waals surface area contributed by atoms with E-state index in [0.717, 1.165) is 18.9 Å². The molecule has 1 aromatic rings. The number of nitro groups is 1. The normalized spacial score (nSPS) is 19.2. The Morgan fingerprint density at radius 1 is 1.48 bits per heavy atom. The summed E-state index contributed by atoms with van der Waals surface area (Å²) in [6.07, 6.45) is 1.26. The second kappa shape index (κ2) is 6.17. The van der Waals surface area contributed by atoms with Crippen LogP contribution in [0.1, 0.15) is 18.4 Å². The molecule has 0 bridgehead atoms. The highest BCUT2D eigenvalue weighted by Crippen LogP contribution is 2.35. The third-order valence-electron chi connectivity index (χ3n) is 3.13. The van der Waals surface area contributed by atoms with E-state index in [1.54, 1.807) is 0 Å². The summed E-state index contributed by atoms with van der Waals surface area (Å²) in [5.74, 6) is 0.0251. The van der Waals surface area contributed by atoms with Crippen LogP contribution in [-0.4, -0.2) is 32.7 Å². The van der Waals surface area contributed by atoms with Gasteiger partial charge in [0.05, 0.1) is 16.4 Å². The number of ether oxygens (including phenoxy) is 2. The summed E-state index contributed by atoms with van der Waals surface area (Å²) in [4.78, 5) is 10.1. The lowest BCUT2D eigenvalue weighted by molar-refractivity contribution is -0.386. The van der Waals surface area contributed by atoms with Gasteiger partial charge in [-0.3, -0.25) is 10.1 Å². The molecule has 1 saturated heterocycles. The van der Waals surface area contributed by atoms with Crippen LogP contribution in [0.25, 0.3) is 0 Å². The Balaban J connectivity index is 2.40. The molecule has 0 saturated carbocycles. The van der Waals surface area contributed by atoms with Crippen LogP contribution in [0, 0.1) is 17.0 Å². The van der Waals surface area contributed by atoms with E-state index in [0.29, 0.717) is 18.8 Å². The zero-order chi connectivity index (χ0) is 15.6. The van der Waals surface area contributed by atoms with Gasteiger partial charge < -0.3 is 9.47 Å². The first-order valence-electron chi connectivity index (χ1n) is 6.27. The molecule has 1 aliphatic rings. The van der Waals surface area contributed by atoms with E-state index in [-0.39, 0.29) is 16.7 Å². The van der Waals surface area contributed by atoms with Crippen LogP contribution in [0.3, 0.4) is 0 Å². The number of hydrogen-bond donors (Lipinski definition) is 0. The Hall–Kier alpha value is -1.38. The number of nitrogens with zero attached hydrogens (tertiary/aromatic N) is 1. The first-order chi connectivity index (χ1) is 9.79. The Morgan fingerprint density at radius 3 is 2.71 bits per heavy atom. The first-order valence-corrected chi connectivity index (χ1v) is 8.58. The molecule has 1 aromatic carbocycles. The maximum absolute atomic E-state index is 11.4. The SMILES string of the molecule is Cc1cc(OC2CCCOC2)c([N+](=O)[O-])cc1S(=O)(=O)Cl. The number of halogens is 1. The van der Waals surface area contributed by atoms with E-state index in [9.17, 15) is 18.5 Å². The quantitative estimate of drug-likeness (QED) is 0.476. The van der Waals surface area contributed by atoms with Crippen LogP contribution in [0.5, 0.6) is 5.75 Å². The first kappa shape index (κ1) is 16.0. The predicted molar refractivity (Wildman–Crippen MR) is 75.3 cm³/mol. The zero-order valence-electron chi connectivity index (χ0n) is 11.2. The van der Waals surface area contributed by atoms with Gasteiger partial charge in [0, 0.05) is 23.4 Å². The highest BCUT2D eigenvalue weighted by Gasteiger charge is 2.26. The lowest BCUT2D eigenvalue weighted by atomic mass is 10.1. The molecule has 21 heavy (non-hydrogen) atoms. The van der Waals surface area contributed by atoms with Crippen molar-refractivity contribution in [3.8, 4) is 5.75 Å². The minimum absolute atomic E-state index is 0.0251. The minimum atomic E-state index is -4.05. The van der Waals surface area contributed by atoms with Crippen molar-refractivity contribution < 1.29 is 22.8 Å². The maximum Gasteiger partial charge on any atom is 0.312 e. The molecule has 0 N–H and O–H groups in total. The van der Waals surface area contributed by atoms with E-state index in [2.05, 4.69) is 0 Å². The fraction of sp³-hybridized carbons (Fsp3) is 0.500. The van der Waals surface area contributed by atoms with Crippen molar-refractivity contribution in [1.82, 2.24) is 0 Å². The summed E-state index contributed by atoms with van der Waals surface area (Å²) < 4.78 is 33.7. The van der Waals surface area contributed by atoms with Crippen LogP contribution in [-0.2, 0) is 13.8 Å². The zero-order valence-corrected chi connectivity index (χ0v) is 12.8. The molecule has 2 rings (SSSR count). The summed E-state index contributed by atoms with van der Waals surface area (Å²) >= 11 is 0. The number of rotatable bonds is 4. The summed E-state index contributed by atoms with van der Waals surface area (Å²) in [5.41, 5.74) is -0.132. The van der Waals surface area contributed by atoms with Crippen LogP contribution < -0.4 is 4.74 Å². The van der Waals surface area contributed by atoms with Gasteiger partial charge in [-0.05, 0) is 31.4 Å². The van der Waals surface area contributed by atoms with Gasteiger partial charge in [-0.1, -0.05) is 0 Å². The Bertz CT molecular complexity index is 654. The van der Waals surface area contributed by atoms with E-state index >= 15 is 0 Å². The van der Waals surface area contributed by atoms with Crippen molar-refractivity contribution in [2.75, 3.05) is 13.2 Å². The lowest BCUT2D eigenvalue weighted by Crippen LogP contribution is -2.28. The van der Waals surface area contributed by atoms with Crippen molar-refractivity contribution >= 4 is 25.4 Å². The average molecular weight is 336 g/mol.